The van der Waals surface area contributed by atoms with E-state index in [1.807, 2.05) is 0 Å². The number of carbonyl (C=O) groups excluding carboxylic acids is 2. The quantitative estimate of drug-likeness (QED) is 0.160. The highest BCUT2D eigenvalue weighted by molar-refractivity contribution is 5.63. The van der Waals surface area contributed by atoms with Crippen LogP contribution in [-0.2, 0) is 19.2 Å². The summed E-state index contributed by atoms with van der Waals surface area (Å²) in [4.78, 5) is 33.6. The summed E-state index contributed by atoms with van der Waals surface area (Å²) in [5, 5.41) is 0. The molecule has 0 bridgehead atoms. The van der Waals surface area contributed by atoms with Crippen molar-refractivity contribution in [3.05, 3.63) is 0 Å². The van der Waals surface area contributed by atoms with Gasteiger partial charge in [0, 0.05) is 0 Å². The van der Waals surface area contributed by atoms with E-state index in [1.165, 1.54) is 0 Å². The molecule has 0 N–H and O–H groups in total. The van der Waals surface area contributed by atoms with E-state index < -0.39 is 12.3 Å². The molecule has 0 aromatic carbocycles. The highest BCUT2D eigenvalue weighted by atomic mass is 17.3. The summed E-state index contributed by atoms with van der Waals surface area (Å²) in [5.74, 6) is 0.797. The van der Waals surface area contributed by atoms with Crippen LogP contribution in [0.3, 0.4) is 0 Å². The summed E-state index contributed by atoms with van der Waals surface area (Å²) in [6.07, 6.45) is 5.25. The zero-order valence-electron chi connectivity index (χ0n) is 20.6. The predicted molar refractivity (Wildman–Crippen MR) is 119 cm³/mol. The van der Waals surface area contributed by atoms with Gasteiger partial charge >= 0.3 is 12.3 Å². The van der Waals surface area contributed by atoms with E-state index in [1.54, 1.807) is 0 Å². The molecular formula is C24H46O6. The summed E-state index contributed by atoms with van der Waals surface area (Å²) in [6, 6.07) is 0. The maximum atomic E-state index is 12.2. The van der Waals surface area contributed by atoms with Crippen LogP contribution in [0.4, 0.5) is 9.59 Å². The molecule has 178 valence electrons. The molecule has 6 heteroatoms. The average Bonchev–Trinajstić information content (AvgIpc) is 2.69. The third-order valence-electron chi connectivity index (χ3n) is 5.86. The summed E-state index contributed by atoms with van der Waals surface area (Å²) in [6.45, 7) is 16.7. The predicted octanol–water partition coefficient (Wildman–Crippen LogP) is 7.69. The molecule has 0 fully saturated rings. The van der Waals surface area contributed by atoms with Gasteiger partial charge in [-0.1, -0.05) is 81.1 Å². The number of rotatable bonds is 14. The largest absolute Gasteiger partial charge is 0.550 e. The van der Waals surface area contributed by atoms with Crippen LogP contribution in [0.25, 0.3) is 0 Å². The summed E-state index contributed by atoms with van der Waals surface area (Å²) < 4.78 is 11.0. The van der Waals surface area contributed by atoms with Gasteiger partial charge in [0.25, 0.3) is 0 Å². The Hall–Kier alpha value is -1.46. The Morgan fingerprint density at radius 2 is 0.767 bits per heavy atom. The van der Waals surface area contributed by atoms with E-state index in [0.29, 0.717) is 0 Å². The van der Waals surface area contributed by atoms with E-state index in [9.17, 15) is 9.59 Å². The van der Waals surface area contributed by atoms with Crippen molar-refractivity contribution >= 4 is 12.3 Å². The van der Waals surface area contributed by atoms with Gasteiger partial charge in [-0.3, -0.25) is 0 Å². The summed E-state index contributed by atoms with van der Waals surface area (Å²) >= 11 is 0. The van der Waals surface area contributed by atoms with Gasteiger partial charge < -0.3 is 9.47 Å². The van der Waals surface area contributed by atoms with Crippen molar-refractivity contribution in [2.24, 2.45) is 23.7 Å². The molecule has 0 amide bonds. The molecule has 0 heterocycles. The molecule has 0 spiro atoms. The van der Waals surface area contributed by atoms with Crippen molar-refractivity contribution < 1.29 is 28.8 Å². The molecule has 0 aliphatic carbocycles. The maximum Gasteiger partial charge on any atom is 0.550 e. The van der Waals surface area contributed by atoms with Crippen molar-refractivity contribution in [2.45, 2.75) is 119 Å². The van der Waals surface area contributed by atoms with Crippen LogP contribution in [0, 0.1) is 23.7 Å². The van der Waals surface area contributed by atoms with Gasteiger partial charge in [-0.2, -0.15) is 19.4 Å². The van der Waals surface area contributed by atoms with E-state index in [4.69, 9.17) is 9.47 Å². The van der Waals surface area contributed by atoms with Crippen LogP contribution >= 0.6 is 0 Å². The fourth-order valence-electron chi connectivity index (χ4n) is 4.39. The van der Waals surface area contributed by atoms with Crippen LogP contribution in [0.5, 0.6) is 0 Å². The number of hydrogen-bond donors (Lipinski definition) is 0. The molecule has 0 aromatic rings. The van der Waals surface area contributed by atoms with Crippen molar-refractivity contribution in [3.8, 4) is 0 Å². The zero-order valence-corrected chi connectivity index (χ0v) is 20.6. The second kappa shape index (κ2) is 16.3. The number of hydrogen-bond acceptors (Lipinski definition) is 6. The molecule has 4 unspecified atom stereocenters. The monoisotopic (exact) mass is 430 g/mol. The highest BCUT2D eigenvalue weighted by Crippen LogP contribution is 2.26. The molecule has 0 saturated carbocycles. The van der Waals surface area contributed by atoms with Crippen molar-refractivity contribution in [1.82, 2.24) is 0 Å². The molecule has 0 rings (SSSR count). The van der Waals surface area contributed by atoms with Gasteiger partial charge in [-0.15, -0.1) is 0 Å². The van der Waals surface area contributed by atoms with Crippen molar-refractivity contribution in [2.75, 3.05) is 0 Å². The lowest BCUT2D eigenvalue weighted by Crippen LogP contribution is -2.34. The van der Waals surface area contributed by atoms with E-state index >= 15 is 0 Å². The maximum absolute atomic E-state index is 12.2. The normalized spacial score (nSPS) is 17.2. The van der Waals surface area contributed by atoms with Crippen LogP contribution in [0.2, 0.25) is 0 Å². The lowest BCUT2D eigenvalue weighted by molar-refractivity contribution is -0.231. The lowest BCUT2D eigenvalue weighted by atomic mass is 9.87. The van der Waals surface area contributed by atoms with Crippen LogP contribution in [0.15, 0.2) is 0 Å². The summed E-state index contributed by atoms with van der Waals surface area (Å²) in [5.41, 5.74) is 0. The minimum absolute atomic E-state index is 0.199. The third kappa shape index (κ3) is 11.1. The molecular weight excluding hydrogens is 384 g/mol. The summed E-state index contributed by atoms with van der Waals surface area (Å²) in [7, 11) is 0. The average molecular weight is 431 g/mol. The van der Waals surface area contributed by atoms with E-state index in [2.05, 4.69) is 65.2 Å². The second-order valence-electron chi connectivity index (χ2n) is 8.90. The molecule has 6 nitrogen and oxygen atoms in total. The molecule has 30 heavy (non-hydrogen) atoms. The van der Waals surface area contributed by atoms with Gasteiger partial charge in [0.1, 0.15) is 12.2 Å². The fourth-order valence-corrected chi connectivity index (χ4v) is 4.39. The minimum atomic E-state index is -0.998. The van der Waals surface area contributed by atoms with Gasteiger partial charge in [0.15, 0.2) is 0 Å². The second-order valence-corrected chi connectivity index (χ2v) is 8.90. The molecule has 0 radical (unpaired) electrons. The van der Waals surface area contributed by atoms with Crippen LogP contribution in [0.1, 0.15) is 107 Å². The third-order valence-corrected chi connectivity index (χ3v) is 5.86. The molecule has 0 aliphatic rings. The first-order valence-electron chi connectivity index (χ1n) is 12.0. The zero-order chi connectivity index (χ0) is 23.1. The Morgan fingerprint density at radius 3 is 0.967 bits per heavy atom. The van der Waals surface area contributed by atoms with E-state index in [-0.39, 0.29) is 35.9 Å². The van der Waals surface area contributed by atoms with Gasteiger partial charge in [0.2, 0.25) is 0 Å². The fraction of sp³-hybridized carbons (Fsp3) is 0.917. The number of carbonyl (C=O) groups is 2. The van der Waals surface area contributed by atoms with Crippen molar-refractivity contribution in [3.63, 3.8) is 0 Å². The van der Waals surface area contributed by atoms with E-state index in [0.717, 1.165) is 51.4 Å². The minimum Gasteiger partial charge on any atom is -0.428 e. The van der Waals surface area contributed by atoms with Gasteiger partial charge in [0.05, 0.1) is 0 Å². The SMILES string of the molecule is CCCC(C)C(OC(=O)OOC(=O)OC(C(C)CCC)C(C)CCC)C(C)CCC. The van der Waals surface area contributed by atoms with Gasteiger partial charge in [-0.05, 0) is 49.4 Å². The van der Waals surface area contributed by atoms with Crippen molar-refractivity contribution in [1.29, 1.82) is 0 Å². The Labute approximate surface area is 184 Å². The molecule has 0 aromatic heterocycles. The standard InChI is InChI=1S/C24H46O6/c1-9-13-17(5)21(18(6)14-10-2)27-23(25)29-30-24(26)28-22(19(7)15-11-3)20(8)16-12-4/h17-22H,9-16H2,1-8H3. The first kappa shape index (κ1) is 28.5. The number of ether oxygens (including phenoxy) is 2. The molecule has 4 atom stereocenters. The Kier molecular flexibility index (Phi) is 15.5. The lowest BCUT2D eigenvalue weighted by Gasteiger charge is -2.29. The Bertz CT molecular complexity index is 401. The van der Waals surface area contributed by atoms with Gasteiger partial charge in [-0.25, -0.2) is 0 Å². The van der Waals surface area contributed by atoms with Crippen LogP contribution < -0.4 is 0 Å². The highest BCUT2D eigenvalue weighted by Gasteiger charge is 2.30. The first-order chi connectivity index (χ1) is 14.2. The van der Waals surface area contributed by atoms with Crippen LogP contribution in [-0.4, -0.2) is 24.5 Å². The Balaban J connectivity index is 4.81. The molecule has 0 saturated heterocycles. The smallest absolute Gasteiger partial charge is 0.428 e. The first-order valence-corrected chi connectivity index (χ1v) is 12.0. The molecule has 0 aliphatic heterocycles. The Morgan fingerprint density at radius 1 is 0.533 bits per heavy atom. The topological polar surface area (TPSA) is 71.1 Å².